The highest BCUT2D eigenvalue weighted by Crippen LogP contribution is 2.23. The summed E-state index contributed by atoms with van der Waals surface area (Å²) in [7, 11) is 0. The van der Waals surface area contributed by atoms with Crippen molar-refractivity contribution in [2.45, 2.75) is 0 Å². The molecule has 0 unspecified atom stereocenters. The van der Waals surface area contributed by atoms with Crippen LogP contribution >= 0.6 is 15.9 Å². The minimum Gasteiger partial charge on any atom is -0.478 e. The van der Waals surface area contributed by atoms with Crippen molar-refractivity contribution < 1.29 is 14.3 Å². The summed E-state index contributed by atoms with van der Waals surface area (Å²) >= 11 is 3.31. The molecule has 0 amide bonds. The topological polar surface area (TPSA) is 49.3 Å². The van der Waals surface area contributed by atoms with Gasteiger partial charge in [-0.25, -0.2) is 9.18 Å². The number of benzene rings is 2. The second-order valence-electron chi connectivity index (χ2n) is 3.63. The Morgan fingerprint density at radius 1 is 1.17 bits per heavy atom. The highest BCUT2D eigenvalue weighted by atomic mass is 79.9. The third kappa shape index (κ3) is 2.87. The summed E-state index contributed by atoms with van der Waals surface area (Å²) in [5.41, 5.74) is 0.983. The van der Waals surface area contributed by atoms with Crippen LogP contribution in [0.1, 0.15) is 10.4 Å². The lowest BCUT2D eigenvalue weighted by Crippen LogP contribution is -2.03. The maximum Gasteiger partial charge on any atom is 0.337 e. The van der Waals surface area contributed by atoms with E-state index in [4.69, 9.17) is 5.11 Å². The molecule has 2 rings (SSSR count). The molecule has 0 aromatic heterocycles. The Hall–Kier alpha value is -1.88. The van der Waals surface area contributed by atoms with E-state index in [1.54, 1.807) is 12.1 Å². The van der Waals surface area contributed by atoms with Gasteiger partial charge in [-0.2, -0.15) is 0 Å². The number of rotatable bonds is 3. The van der Waals surface area contributed by atoms with E-state index in [0.29, 0.717) is 5.69 Å². The van der Waals surface area contributed by atoms with Gasteiger partial charge < -0.3 is 10.4 Å². The lowest BCUT2D eigenvalue weighted by atomic mass is 10.1. The van der Waals surface area contributed by atoms with E-state index in [1.165, 1.54) is 12.1 Å². The maximum absolute atomic E-state index is 13.0. The molecular weight excluding hydrogens is 301 g/mol. The quantitative estimate of drug-likeness (QED) is 0.900. The average molecular weight is 310 g/mol. The molecule has 0 fully saturated rings. The minimum absolute atomic E-state index is 0.0991. The molecule has 0 saturated heterocycles. The van der Waals surface area contributed by atoms with Gasteiger partial charge in [-0.15, -0.1) is 0 Å². The smallest absolute Gasteiger partial charge is 0.337 e. The van der Waals surface area contributed by atoms with Crippen molar-refractivity contribution in [3.8, 4) is 0 Å². The molecule has 0 aliphatic rings. The zero-order valence-corrected chi connectivity index (χ0v) is 10.7. The molecule has 18 heavy (non-hydrogen) atoms. The van der Waals surface area contributed by atoms with Crippen LogP contribution in [-0.4, -0.2) is 11.1 Å². The van der Waals surface area contributed by atoms with Crippen LogP contribution in [0.25, 0.3) is 0 Å². The van der Waals surface area contributed by atoms with E-state index in [2.05, 4.69) is 21.2 Å². The fourth-order valence-electron chi connectivity index (χ4n) is 1.49. The van der Waals surface area contributed by atoms with Gasteiger partial charge in [0.15, 0.2) is 0 Å². The van der Waals surface area contributed by atoms with Crippen LogP contribution in [0.5, 0.6) is 0 Å². The molecule has 0 bridgehead atoms. The van der Waals surface area contributed by atoms with Crippen LogP contribution in [0.2, 0.25) is 0 Å². The number of anilines is 2. The van der Waals surface area contributed by atoms with Crippen molar-refractivity contribution >= 4 is 33.3 Å². The van der Waals surface area contributed by atoms with Crippen molar-refractivity contribution in [2.75, 3.05) is 5.32 Å². The monoisotopic (exact) mass is 309 g/mol. The fraction of sp³-hybridized carbons (Fsp3) is 0. The molecule has 92 valence electrons. The second-order valence-corrected chi connectivity index (χ2v) is 4.54. The minimum atomic E-state index is -1.17. The zero-order valence-electron chi connectivity index (χ0n) is 9.15. The summed E-state index contributed by atoms with van der Waals surface area (Å²) in [5.74, 6) is -1.75. The zero-order chi connectivity index (χ0) is 13.1. The van der Waals surface area contributed by atoms with Crippen LogP contribution in [0.15, 0.2) is 46.9 Å². The standard InChI is InChI=1S/C13H9BrFNO2/c14-8-1-4-10(5-2-8)16-12-6-3-9(15)7-11(12)13(17)18/h1-7,16H,(H,17,18). The number of hydrogen-bond acceptors (Lipinski definition) is 2. The fourth-order valence-corrected chi connectivity index (χ4v) is 1.76. The number of halogens is 2. The van der Waals surface area contributed by atoms with Gasteiger partial charge in [-0.1, -0.05) is 15.9 Å². The molecule has 3 nitrogen and oxygen atoms in total. The number of carboxylic acid groups (broad SMARTS) is 1. The molecule has 2 N–H and O–H groups in total. The lowest BCUT2D eigenvalue weighted by molar-refractivity contribution is 0.0697. The maximum atomic E-state index is 13.0. The summed E-state index contributed by atoms with van der Waals surface area (Å²) in [5, 5.41) is 11.9. The second kappa shape index (κ2) is 5.18. The van der Waals surface area contributed by atoms with Crippen molar-refractivity contribution in [3.05, 3.63) is 58.3 Å². The Bertz CT molecular complexity index is 584. The van der Waals surface area contributed by atoms with Crippen molar-refractivity contribution in [1.82, 2.24) is 0 Å². The van der Waals surface area contributed by atoms with E-state index in [9.17, 15) is 9.18 Å². The summed E-state index contributed by atoms with van der Waals surface area (Å²) in [6, 6.07) is 10.8. The van der Waals surface area contributed by atoms with E-state index in [-0.39, 0.29) is 5.56 Å². The molecule has 0 heterocycles. The number of hydrogen-bond donors (Lipinski definition) is 2. The summed E-state index contributed by atoms with van der Waals surface area (Å²) in [6.45, 7) is 0. The molecule has 2 aromatic rings. The Balaban J connectivity index is 2.34. The van der Waals surface area contributed by atoms with Gasteiger partial charge in [-0.3, -0.25) is 0 Å². The largest absolute Gasteiger partial charge is 0.478 e. The van der Waals surface area contributed by atoms with Crippen molar-refractivity contribution in [2.24, 2.45) is 0 Å². The predicted molar refractivity (Wildman–Crippen MR) is 70.8 cm³/mol. The summed E-state index contributed by atoms with van der Waals surface area (Å²) in [6.07, 6.45) is 0. The molecular formula is C13H9BrFNO2. The highest BCUT2D eigenvalue weighted by molar-refractivity contribution is 9.10. The van der Waals surface area contributed by atoms with Crippen LogP contribution in [0, 0.1) is 5.82 Å². The van der Waals surface area contributed by atoms with E-state index in [1.807, 2.05) is 12.1 Å². The molecule has 0 aliphatic heterocycles. The first-order chi connectivity index (χ1) is 8.56. The van der Waals surface area contributed by atoms with E-state index in [0.717, 1.165) is 16.2 Å². The molecule has 2 aromatic carbocycles. The van der Waals surface area contributed by atoms with Gasteiger partial charge in [0.05, 0.1) is 11.3 Å². The van der Waals surface area contributed by atoms with Crippen LogP contribution in [0.3, 0.4) is 0 Å². The average Bonchev–Trinajstić information content (AvgIpc) is 2.34. The lowest BCUT2D eigenvalue weighted by Gasteiger charge is -2.09. The first-order valence-corrected chi connectivity index (χ1v) is 5.91. The van der Waals surface area contributed by atoms with Gasteiger partial charge in [-0.05, 0) is 42.5 Å². The predicted octanol–water partition coefficient (Wildman–Crippen LogP) is 4.03. The normalized spacial score (nSPS) is 10.1. The number of carboxylic acids is 1. The van der Waals surface area contributed by atoms with Crippen LogP contribution < -0.4 is 5.32 Å². The van der Waals surface area contributed by atoms with Crippen LogP contribution in [-0.2, 0) is 0 Å². The van der Waals surface area contributed by atoms with Gasteiger partial charge in [0.25, 0.3) is 0 Å². The third-order valence-electron chi connectivity index (χ3n) is 2.34. The number of aromatic carboxylic acids is 1. The Labute approximate surface area is 111 Å². The Morgan fingerprint density at radius 3 is 2.44 bits per heavy atom. The van der Waals surface area contributed by atoms with Gasteiger partial charge in [0.1, 0.15) is 5.82 Å². The highest BCUT2D eigenvalue weighted by Gasteiger charge is 2.11. The number of carbonyl (C=O) groups is 1. The molecule has 0 atom stereocenters. The Morgan fingerprint density at radius 2 is 1.83 bits per heavy atom. The SMILES string of the molecule is O=C(O)c1cc(F)ccc1Nc1ccc(Br)cc1. The van der Waals surface area contributed by atoms with Crippen molar-refractivity contribution in [1.29, 1.82) is 0 Å². The summed E-state index contributed by atoms with van der Waals surface area (Å²) in [4.78, 5) is 11.0. The molecule has 0 spiro atoms. The molecule has 5 heteroatoms. The van der Waals surface area contributed by atoms with Crippen molar-refractivity contribution in [3.63, 3.8) is 0 Å². The number of nitrogens with one attached hydrogen (secondary N) is 1. The molecule has 0 aliphatic carbocycles. The third-order valence-corrected chi connectivity index (χ3v) is 2.86. The van der Waals surface area contributed by atoms with Gasteiger partial charge in [0.2, 0.25) is 0 Å². The molecule has 0 radical (unpaired) electrons. The molecule has 0 saturated carbocycles. The van der Waals surface area contributed by atoms with Gasteiger partial charge in [0, 0.05) is 10.2 Å². The van der Waals surface area contributed by atoms with Crippen LogP contribution in [0.4, 0.5) is 15.8 Å². The first-order valence-electron chi connectivity index (χ1n) is 5.12. The summed E-state index contributed by atoms with van der Waals surface area (Å²) < 4.78 is 13.9. The van der Waals surface area contributed by atoms with Gasteiger partial charge >= 0.3 is 5.97 Å². The van der Waals surface area contributed by atoms with E-state index < -0.39 is 11.8 Å². The first kappa shape index (κ1) is 12.6. The van der Waals surface area contributed by atoms with E-state index >= 15 is 0 Å². The Kier molecular flexibility index (Phi) is 3.62.